The van der Waals surface area contributed by atoms with Gasteiger partial charge in [-0.3, -0.25) is 0 Å². The van der Waals surface area contributed by atoms with Crippen LogP contribution in [0.1, 0.15) is 0 Å². The Morgan fingerprint density at radius 3 is 1.67 bits per heavy atom. The molecule has 0 bridgehead atoms. The van der Waals surface area contributed by atoms with Gasteiger partial charge in [-0.25, -0.2) is 0 Å². The number of hydrazine groups is 2. The van der Waals surface area contributed by atoms with E-state index in [0.717, 1.165) is 0 Å². The molecule has 4 heteroatoms. The molecular weight excluding hydrogens is 101 g/mol. The fraction of sp³-hybridized carbons (Fsp3) is 0. The van der Waals surface area contributed by atoms with Gasteiger partial charge in [-0.15, -0.1) is 12.4 Å². The van der Waals surface area contributed by atoms with E-state index in [0.29, 0.717) is 0 Å². The molecule has 1 rings (SSSR count). The summed E-state index contributed by atoms with van der Waals surface area (Å²) in [6.07, 6.45) is 3.53. The van der Waals surface area contributed by atoms with Crippen molar-refractivity contribution < 1.29 is 0 Å². The summed E-state index contributed by atoms with van der Waals surface area (Å²) in [5, 5.41) is 0. The van der Waals surface area contributed by atoms with Gasteiger partial charge in [-0.2, -0.15) is 5.53 Å². The summed E-state index contributed by atoms with van der Waals surface area (Å²) in [5.74, 6) is 0. The molecule has 3 N–H and O–H groups in total. The van der Waals surface area contributed by atoms with Crippen LogP contribution in [0.3, 0.4) is 0 Å². The number of halogens is 1. The van der Waals surface area contributed by atoms with Crippen molar-refractivity contribution in [2.24, 2.45) is 0 Å². The van der Waals surface area contributed by atoms with E-state index in [1.54, 1.807) is 12.4 Å². The maximum absolute atomic E-state index is 2.68. The highest BCUT2D eigenvalue weighted by Crippen LogP contribution is 1.58. The van der Waals surface area contributed by atoms with Gasteiger partial charge in [0.05, 0.1) is 0 Å². The van der Waals surface area contributed by atoms with Crippen LogP contribution in [0.4, 0.5) is 0 Å². The molecule has 0 saturated carbocycles. The summed E-state index contributed by atoms with van der Waals surface area (Å²) in [7, 11) is 0. The van der Waals surface area contributed by atoms with Crippen LogP contribution in [0.5, 0.6) is 0 Å². The summed E-state index contributed by atoms with van der Waals surface area (Å²) in [6, 6.07) is 0. The Balaban J connectivity index is 0.000000250. The molecule has 0 aromatic rings. The number of nitrogens with one attached hydrogen (secondary N) is 3. The molecule has 1 aliphatic heterocycles. The van der Waals surface area contributed by atoms with Crippen molar-refractivity contribution in [3.63, 3.8) is 0 Å². The van der Waals surface area contributed by atoms with Crippen LogP contribution in [0.2, 0.25) is 0 Å². The van der Waals surface area contributed by atoms with E-state index in [2.05, 4.69) is 16.4 Å². The van der Waals surface area contributed by atoms with Gasteiger partial charge >= 0.3 is 0 Å². The molecule has 0 unspecified atom stereocenters. The summed E-state index contributed by atoms with van der Waals surface area (Å²) in [5.41, 5.74) is 7.97. The van der Waals surface area contributed by atoms with Crippen molar-refractivity contribution in [3.8, 4) is 0 Å². The van der Waals surface area contributed by atoms with E-state index in [-0.39, 0.29) is 12.4 Å². The highest BCUT2D eigenvalue weighted by atomic mass is 35.5. The average Bonchev–Trinajstić information content (AvgIpc) is 1.76. The monoisotopic (exact) mass is 107 g/mol. The molecular formula is C2H6ClN3. The van der Waals surface area contributed by atoms with Gasteiger partial charge in [0, 0.05) is 12.4 Å². The van der Waals surface area contributed by atoms with Crippen molar-refractivity contribution >= 4 is 12.4 Å². The maximum atomic E-state index is 2.68. The first-order valence-corrected chi connectivity index (χ1v) is 1.41. The topological polar surface area (TPSA) is 36.1 Å². The van der Waals surface area contributed by atoms with Crippen molar-refractivity contribution in [1.82, 2.24) is 16.4 Å². The van der Waals surface area contributed by atoms with Crippen molar-refractivity contribution in [3.05, 3.63) is 12.4 Å². The minimum absolute atomic E-state index is 0. The van der Waals surface area contributed by atoms with Crippen molar-refractivity contribution in [2.75, 3.05) is 0 Å². The molecule has 1 heterocycles. The number of hydrogen-bond acceptors (Lipinski definition) is 3. The van der Waals surface area contributed by atoms with Crippen LogP contribution in [0.25, 0.3) is 0 Å². The molecule has 6 heavy (non-hydrogen) atoms. The molecule has 0 atom stereocenters. The van der Waals surface area contributed by atoms with Crippen LogP contribution in [-0.4, -0.2) is 0 Å². The normalized spacial score (nSPS) is 14.7. The Labute approximate surface area is 42.2 Å². The Bertz CT molecular complexity index is 46.8. The first-order valence-electron chi connectivity index (χ1n) is 1.41. The molecule has 0 radical (unpaired) electrons. The fourth-order valence-electron chi connectivity index (χ4n) is 0.208. The Morgan fingerprint density at radius 1 is 1.00 bits per heavy atom. The lowest BCUT2D eigenvalue weighted by atomic mass is 11.0. The predicted octanol–water partition coefficient (Wildman–Crippen LogP) is -0.508. The maximum Gasteiger partial charge on any atom is 0.0315 e. The van der Waals surface area contributed by atoms with E-state index in [9.17, 15) is 0 Å². The van der Waals surface area contributed by atoms with Crippen molar-refractivity contribution in [2.45, 2.75) is 0 Å². The average molecular weight is 108 g/mol. The number of hydrogen-bond donors (Lipinski definition) is 3. The second-order valence-electron chi connectivity index (χ2n) is 0.747. The van der Waals surface area contributed by atoms with Gasteiger partial charge in [0.1, 0.15) is 0 Å². The van der Waals surface area contributed by atoms with Crippen molar-refractivity contribution in [1.29, 1.82) is 0 Å². The largest absolute Gasteiger partial charge is 0.310 e. The third kappa shape index (κ3) is 1.14. The highest BCUT2D eigenvalue weighted by molar-refractivity contribution is 5.85. The summed E-state index contributed by atoms with van der Waals surface area (Å²) in [4.78, 5) is 0. The standard InChI is InChI=1S/C2H5N3.ClH/c1-2-4-5-3-1;/h1-5H;1H. The van der Waals surface area contributed by atoms with Gasteiger partial charge in [0.2, 0.25) is 0 Å². The van der Waals surface area contributed by atoms with E-state index in [4.69, 9.17) is 0 Å². The number of rotatable bonds is 0. The van der Waals surface area contributed by atoms with Crippen LogP contribution in [-0.2, 0) is 0 Å². The van der Waals surface area contributed by atoms with E-state index in [1.807, 2.05) is 0 Å². The van der Waals surface area contributed by atoms with E-state index >= 15 is 0 Å². The molecule has 0 amide bonds. The quantitative estimate of drug-likeness (QED) is 0.390. The molecule has 0 aromatic carbocycles. The van der Waals surface area contributed by atoms with Crippen LogP contribution in [0.15, 0.2) is 12.4 Å². The van der Waals surface area contributed by atoms with E-state index < -0.39 is 0 Å². The van der Waals surface area contributed by atoms with Gasteiger partial charge < -0.3 is 10.9 Å². The minimum Gasteiger partial charge on any atom is -0.310 e. The summed E-state index contributed by atoms with van der Waals surface area (Å²) < 4.78 is 0. The van der Waals surface area contributed by atoms with Crippen LogP contribution < -0.4 is 16.4 Å². The second kappa shape index (κ2) is 2.81. The molecule has 0 spiro atoms. The Kier molecular flexibility index (Phi) is 2.62. The van der Waals surface area contributed by atoms with Crippen LogP contribution in [0, 0.1) is 0 Å². The molecule has 0 aliphatic carbocycles. The second-order valence-corrected chi connectivity index (χ2v) is 0.747. The zero-order valence-electron chi connectivity index (χ0n) is 3.06. The van der Waals surface area contributed by atoms with Gasteiger partial charge in [-0.05, 0) is 0 Å². The molecule has 36 valence electrons. The van der Waals surface area contributed by atoms with Gasteiger partial charge in [-0.1, -0.05) is 0 Å². The smallest absolute Gasteiger partial charge is 0.0315 e. The lowest BCUT2D eigenvalue weighted by molar-refractivity contribution is 0.614. The molecule has 1 aliphatic rings. The lowest BCUT2D eigenvalue weighted by Gasteiger charge is -1.86. The molecule has 0 aromatic heterocycles. The highest BCUT2D eigenvalue weighted by Gasteiger charge is 1.74. The fourth-order valence-corrected chi connectivity index (χ4v) is 0.208. The Morgan fingerprint density at radius 2 is 1.50 bits per heavy atom. The first-order chi connectivity index (χ1) is 2.50. The van der Waals surface area contributed by atoms with Gasteiger partial charge in [0.15, 0.2) is 0 Å². The third-order valence-electron chi connectivity index (χ3n) is 0.394. The zero-order chi connectivity index (χ0) is 3.54. The lowest BCUT2D eigenvalue weighted by Crippen LogP contribution is -2.29. The van der Waals surface area contributed by atoms with Gasteiger partial charge in [0.25, 0.3) is 0 Å². The first kappa shape index (κ1) is 5.59. The van der Waals surface area contributed by atoms with Crippen LogP contribution >= 0.6 is 12.4 Å². The predicted molar refractivity (Wildman–Crippen MR) is 25.8 cm³/mol. The Hall–Kier alpha value is -0.410. The SMILES string of the molecule is C1=CNNN1.Cl. The summed E-state index contributed by atoms with van der Waals surface area (Å²) >= 11 is 0. The summed E-state index contributed by atoms with van der Waals surface area (Å²) in [6.45, 7) is 0. The third-order valence-corrected chi connectivity index (χ3v) is 0.394. The zero-order valence-corrected chi connectivity index (χ0v) is 3.88. The molecule has 0 saturated heterocycles. The molecule has 3 nitrogen and oxygen atoms in total. The van der Waals surface area contributed by atoms with E-state index in [1.165, 1.54) is 0 Å². The molecule has 0 fully saturated rings. The minimum atomic E-state index is 0.